The summed E-state index contributed by atoms with van der Waals surface area (Å²) in [5.74, 6) is 0.321. The molecule has 0 aliphatic rings. The normalized spacial score (nSPS) is 10.6. The van der Waals surface area contributed by atoms with Crippen LogP contribution in [0.1, 0.15) is 18.9 Å². The van der Waals surface area contributed by atoms with Gasteiger partial charge >= 0.3 is 0 Å². The highest BCUT2D eigenvalue weighted by molar-refractivity contribution is 5.72. The SMILES string of the molecule is CC(=O)NCCC=Cc1cnc(N)c(N)c1. The van der Waals surface area contributed by atoms with Crippen LogP contribution in [0.25, 0.3) is 6.08 Å². The minimum absolute atomic E-state index is 0.0215. The largest absolute Gasteiger partial charge is 0.396 e. The average molecular weight is 220 g/mol. The zero-order valence-corrected chi connectivity index (χ0v) is 9.23. The van der Waals surface area contributed by atoms with Gasteiger partial charge in [0.2, 0.25) is 5.91 Å². The molecule has 0 saturated heterocycles. The molecule has 0 radical (unpaired) electrons. The molecular formula is C11H16N4O. The van der Waals surface area contributed by atoms with E-state index in [4.69, 9.17) is 11.5 Å². The minimum atomic E-state index is -0.0215. The lowest BCUT2D eigenvalue weighted by Gasteiger charge is -2.00. The maximum atomic E-state index is 10.6. The molecule has 0 bridgehead atoms. The summed E-state index contributed by atoms with van der Waals surface area (Å²) in [4.78, 5) is 14.5. The second-order valence-corrected chi connectivity index (χ2v) is 3.42. The molecule has 5 N–H and O–H groups in total. The zero-order chi connectivity index (χ0) is 12.0. The van der Waals surface area contributed by atoms with Crippen LogP contribution in [0, 0.1) is 0 Å². The maximum Gasteiger partial charge on any atom is 0.216 e. The number of nitrogens with zero attached hydrogens (tertiary/aromatic N) is 1. The summed E-state index contributed by atoms with van der Waals surface area (Å²) in [6, 6.07) is 1.76. The molecule has 0 fully saturated rings. The molecule has 0 unspecified atom stereocenters. The summed E-state index contributed by atoms with van der Waals surface area (Å²) >= 11 is 0. The molecule has 0 aliphatic carbocycles. The Hall–Kier alpha value is -2.04. The lowest BCUT2D eigenvalue weighted by Crippen LogP contribution is -2.20. The van der Waals surface area contributed by atoms with Crippen molar-refractivity contribution >= 4 is 23.5 Å². The Morgan fingerprint density at radius 2 is 2.31 bits per heavy atom. The van der Waals surface area contributed by atoms with Crippen molar-refractivity contribution in [3.8, 4) is 0 Å². The van der Waals surface area contributed by atoms with Gasteiger partial charge in [-0.3, -0.25) is 4.79 Å². The zero-order valence-electron chi connectivity index (χ0n) is 9.23. The fourth-order valence-corrected chi connectivity index (χ4v) is 1.15. The second-order valence-electron chi connectivity index (χ2n) is 3.42. The molecule has 1 rings (SSSR count). The lowest BCUT2D eigenvalue weighted by molar-refractivity contribution is -0.118. The van der Waals surface area contributed by atoms with Gasteiger partial charge in [-0.1, -0.05) is 12.2 Å². The van der Waals surface area contributed by atoms with E-state index in [2.05, 4.69) is 10.3 Å². The van der Waals surface area contributed by atoms with E-state index in [1.165, 1.54) is 6.92 Å². The topological polar surface area (TPSA) is 94.0 Å². The molecule has 0 spiro atoms. The third-order valence-electron chi connectivity index (χ3n) is 1.97. The molecule has 0 aromatic carbocycles. The number of carbonyl (C=O) groups excluding carboxylic acids is 1. The summed E-state index contributed by atoms with van der Waals surface area (Å²) < 4.78 is 0. The molecule has 5 heteroatoms. The number of hydrogen-bond donors (Lipinski definition) is 3. The molecule has 0 atom stereocenters. The first kappa shape index (κ1) is 12.0. The van der Waals surface area contributed by atoms with E-state index < -0.39 is 0 Å². The van der Waals surface area contributed by atoms with E-state index in [-0.39, 0.29) is 5.91 Å². The van der Waals surface area contributed by atoms with Crippen LogP contribution in [-0.2, 0) is 4.79 Å². The van der Waals surface area contributed by atoms with Gasteiger partial charge in [0.05, 0.1) is 5.69 Å². The Balaban J connectivity index is 2.44. The fourth-order valence-electron chi connectivity index (χ4n) is 1.15. The Labute approximate surface area is 94.5 Å². The Bertz CT molecular complexity index is 401. The van der Waals surface area contributed by atoms with Crippen LogP contribution in [0.4, 0.5) is 11.5 Å². The van der Waals surface area contributed by atoms with E-state index in [0.29, 0.717) is 18.1 Å². The molecule has 16 heavy (non-hydrogen) atoms. The van der Waals surface area contributed by atoms with Gasteiger partial charge in [-0.25, -0.2) is 4.98 Å². The van der Waals surface area contributed by atoms with E-state index in [1.54, 1.807) is 12.3 Å². The van der Waals surface area contributed by atoms with Gasteiger partial charge in [0.1, 0.15) is 5.82 Å². The van der Waals surface area contributed by atoms with Gasteiger partial charge < -0.3 is 16.8 Å². The fraction of sp³-hybridized carbons (Fsp3) is 0.273. The van der Waals surface area contributed by atoms with Crippen molar-refractivity contribution in [1.82, 2.24) is 10.3 Å². The number of anilines is 2. The van der Waals surface area contributed by atoms with E-state index >= 15 is 0 Å². The molecule has 86 valence electrons. The van der Waals surface area contributed by atoms with Crippen LogP contribution < -0.4 is 16.8 Å². The van der Waals surface area contributed by atoms with Gasteiger partial charge in [0.15, 0.2) is 0 Å². The van der Waals surface area contributed by atoms with Crippen LogP contribution in [0.15, 0.2) is 18.3 Å². The Kier molecular flexibility index (Phi) is 4.32. The van der Waals surface area contributed by atoms with E-state index in [1.807, 2.05) is 12.2 Å². The van der Waals surface area contributed by atoms with Gasteiger partial charge in [-0.15, -0.1) is 0 Å². The van der Waals surface area contributed by atoms with Crippen molar-refractivity contribution in [2.75, 3.05) is 18.0 Å². The summed E-state index contributed by atoms with van der Waals surface area (Å²) in [5, 5.41) is 2.70. The van der Waals surface area contributed by atoms with Crippen LogP contribution in [0.2, 0.25) is 0 Å². The summed E-state index contributed by atoms with van der Waals surface area (Å²) in [7, 11) is 0. The molecule has 1 heterocycles. The van der Waals surface area contributed by atoms with Gasteiger partial charge in [0, 0.05) is 19.7 Å². The molecular weight excluding hydrogens is 204 g/mol. The van der Waals surface area contributed by atoms with Crippen molar-refractivity contribution in [2.24, 2.45) is 0 Å². The first-order valence-electron chi connectivity index (χ1n) is 5.01. The van der Waals surface area contributed by atoms with Crippen molar-refractivity contribution in [2.45, 2.75) is 13.3 Å². The quantitative estimate of drug-likeness (QED) is 0.654. The second kappa shape index (κ2) is 5.75. The summed E-state index contributed by atoms with van der Waals surface area (Å²) in [5.41, 5.74) is 12.5. The third kappa shape index (κ3) is 4.00. The first-order valence-corrected chi connectivity index (χ1v) is 5.01. The van der Waals surface area contributed by atoms with Crippen molar-refractivity contribution < 1.29 is 4.79 Å². The maximum absolute atomic E-state index is 10.6. The van der Waals surface area contributed by atoms with Crippen LogP contribution in [0.3, 0.4) is 0 Å². The monoisotopic (exact) mass is 220 g/mol. The Morgan fingerprint density at radius 1 is 1.56 bits per heavy atom. The number of pyridine rings is 1. The summed E-state index contributed by atoms with van der Waals surface area (Å²) in [6.07, 6.45) is 6.26. The number of nitrogens with two attached hydrogens (primary N) is 2. The van der Waals surface area contributed by atoms with Crippen LogP contribution in [0.5, 0.6) is 0 Å². The van der Waals surface area contributed by atoms with Gasteiger partial charge in [-0.2, -0.15) is 0 Å². The number of aromatic nitrogens is 1. The number of rotatable bonds is 4. The predicted molar refractivity (Wildman–Crippen MR) is 65.4 cm³/mol. The van der Waals surface area contributed by atoms with Crippen molar-refractivity contribution in [3.63, 3.8) is 0 Å². The third-order valence-corrected chi connectivity index (χ3v) is 1.97. The van der Waals surface area contributed by atoms with Crippen molar-refractivity contribution in [3.05, 3.63) is 23.9 Å². The first-order chi connectivity index (χ1) is 7.59. The lowest BCUT2D eigenvalue weighted by atomic mass is 10.2. The minimum Gasteiger partial charge on any atom is -0.396 e. The van der Waals surface area contributed by atoms with E-state index in [0.717, 1.165) is 12.0 Å². The molecule has 5 nitrogen and oxygen atoms in total. The number of amides is 1. The number of hydrogen-bond acceptors (Lipinski definition) is 4. The van der Waals surface area contributed by atoms with Crippen LogP contribution in [-0.4, -0.2) is 17.4 Å². The molecule has 1 amide bonds. The Morgan fingerprint density at radius 3 is 2.94 bits per heavy atom. The number of nitrogens with one attached hydrogen (secondary N) is 1. The standard InChI is InChI=1S/C11H16N4O/c1-8(16)14-5-3-2-4-9-6-10(12)11(13)15-7-9/h2,4,6-7H,3,5,12H2,1H3,(H2,13,15)(H,14,16). The van der Waals surface area contributed by atoms with Crippen LogP contribution >= 0.6 is 0 Å². The van der Waals surface area contributed by atoms with Gasteiger partial charge in [-0.05, 0) is 18.1 Å². The highest BCUT2D eigenvalue weighted by Gasteiger charge is 1.95. The van der Waals surface area contributed by atoms with Crippen molar-refractivity contribution in [1.29, 1.82) is 0 Å². The van der Waals surface area contributed by atoms with Gasteiger partial charge in [0.25, 0.3) is 0 Å². The highest BCUT2D eigenvalue weighted by Crippen LogP contribution is 2.13. The number of carbonyl (C=O) groups is 1. The molecule has 1 aromatic heterocycles. The average Bonchev–Trinajstić information content (AvgIpc) is 2.22. The highest BCUT2D eigenvalue weighted by atomic mass is 16.1. The molecule has 0 aliphatic heterocycles. The molecule has 0 saturated carbocycles. The number of nitrogen functional groups attached to an aromatic ring is 2. The summed E-state index contributed by atoms with van der Waals surface area (Å²) in [6.45, 7) is 2.12. The molecule has 1 aromatic rings. The predicted octanol–water partition coefficient (Wildman–Crippen LogP) is 0.785. The smallest absolute Gasteiger partial charge is 0.216 e. The van der Waals surface area contributed by atoms with E-state index in [9.17, 15) is 4.79 Å².